The SMILES string of the molecule is O=C(C(=O)N(CC1CCN(C2Cc3ccccc3C2)CC1)C[C@H]1CCCO1)c1ccco1. The van der Waals surface area contributed by atoms with Crippen molar-refractivity contribution in [3.05, 3.63) is 59.5 Å². The van der Waals surface area contributed by atoms with Gasteiger partial charge in [-0.25, -0.2) is 0 Å². The molecule has 2 aromatic rings. The molecule has 6 heteroatoms. The number of fused-ring (bicyclic) bond motifs is 1. The van der Waals surface area contributed by atoms with Gasteiger partial charge in [0.2, 0.25) is 0 Å². The zero-order chi connectivity index (χ0) is 21.9. The number of amides is 1. The van der Waals surface area contributed by atoms with E-state index in [1.54, 1.807) is 17.0 Å². The maximum atomic E-state index is 13.1. The molecule has 170 valence electrons. The molecule has 0 N–H and O–H groups in total. The van der Waals surface area contributed by atoms with Crippen LogP contribution in [0.5, 0.6) is 0 Å². The lowest BCUT2D eigenvalue weighted by atomic mass is 9.94. The molecular weight excluding hydrogens is 404 g/mol. The number of Topliss-reactive ketones (excluding diaryl/α,β-unsaturated/α-hetero) is 1. The van der Waals surface area contributed by atoms with Crippen LogP contribution in [0.2, 0.25) is 0 Å². The van der Waals surface area contributed by atoms with Crippen molar-refractivity contribution < 1.29 is 18.7 Å². The van der Waals surface area contributed by atoms with Crippen molar-refractivity contribution in [1.82, 2.24) is 9.80 Å². The van der Waals surface area contributed by atoms with E-state index in [0.29, 0.717) is 25.0 Å². The third-order valence-electron chi connectivity index (χ3n) is 7.35. The molecule has 0 bridgehead atoms. The van der Waals surface area contributed by atoms with E-state index in [1.165, 1.54) is 17.4 Å². The average molecular weight is 437 g/mol. The maximum absolute atomic E-state index is 13.1. The monoisotopic (exact) mass is 436 g/mol. The van der Waals surface area contributed by atoms with Gasteiger partial charge in [0.15, 0.2) is 5.76 Å². The molecular formula is C26H32N2O4. The first-order chi connectivity index (χ1) is 15.7. The van der Waals surface area contributed by atoms with Crippen LogP contribution < -0.4 is 0 Å². The van der Waals surface area contributed by atoms with Gasteiger partial charge in [-0.15, -0.1) is 0 Å². The highest BCUT2D eigenvalue weighted by Gasteiger charge is 2.33. The summed E-state index contributed by atoms with van der Waals surface area (Å²) in [6.07, 6.45) is 7.81. The first-order valence-electron chi connectivity index (χ1n) is 12.0. The van der Waals surface area contributed by atoms with Crippen molar-refractivity contribution in [3.63, 3.8) is 0 Å². The number of hydrogen-bond donors (Lipinski definition) is 0. The Labute approximate surface area is 189 Å². The molecule has 6 nitrogen and oxygen atoms in total. The number of furan rings is 1. The Balaban J connectivity index is 1.18. The highest BCUT2D eigenvalue weighted by molar-refractivity contribution is 6.41. The lowest BCUT2D eigenvalue weighted by molar-refractivity contribution is -0.129. The normalized spacial score (nSPS) is 22.2. The standard InChI is InChI=1S/C26H32N2O4/c29-25(24-8-4-14-32-24)26(30)28(18-23-7-3-13-31-23)17-19-9-11-27(12-10-19)22-15-20-5-1-2-6-21(20)16-22/h1-2,4-6,8,14,19,22-23H,3,7,9-13,15-18H2/t23-/m1/s1. The minimum absolute atomic E-state index is 0.0282. The number of nitrogens with zero attached hydrogens (tertiary/aromatic N) is 2. The summed E-state index contributed by atoms with van der Waals surface area (Å²) < 4.78 is 11.0. The van der Waals surface area contributed by atoms with Crippen LogP contribution in [0.25, 0.3) is 0 Å². The summed E-state index contributed by atoms with van der Waals surface area (Å²) in [6, 6.07) is 12.6. The van der Waals surface area contributed by atoms with Gasteiger partial charge in [-0.1, -0.05) is 24.3 Å². The number of hydrogen-bond acceptors (Lipinski definition) is 5. The van der Waals surface area contributed by atoms with E-state index in [9.17, 15) is 9.59 Å². The summed E-state index contributed by atoms with van der Waals surface area (Å²) in [5.41, 5.74) is 2.98. The van der Waals surface area contributed by atoms with Crippen LogP contribution in [0, 0.1) is 5.92 Å². The summed E-state index contributed by atoms with van der Waals surface area (Å²) in [7, 11) is 0. The van der Waals surface area contributed by atoms with Crippen molar-refractivity contribution >= 4 is 11.7 Å². The van der Waals surface area contributed by atoms with E-state index in [-0.39, 0.29) is 11.9 Å². The quantitative estimate of drug-likeness (QED) is 0.492. The largest absolute Gasteiger partial charge is 0.461 e. The second kappa shape index (κ2) is 9.59. The van der Waals surface area contributed by atoms with Gasteiger partial charge >= 0.3 is 0 Å². The summed E-state index contributed by atoms with van der Waals surface area (Å²) >= 11 is 0. The van der Waals surface area contributed by atoms with E-state index in [1.807, 2.05) is 0 Å². The molecule has 1 amide bonds. The Morgan fingerprint density at radius 2 is 1.72 bits per heavy atom. The highest BCUT2D eigenvalue weighted by atomic mass is 16.5. The zero-order valence-corrected chi connectivity index (χ0v) is 18.6. The Hall–Kier alpha value is -2.44. The number of carbonyl (C=O) groups excluding carboxylic acids is 2. The van der Waals surface area contributed by atoms with Gasteiger partial charge in [0.1, 0.15) is 0 Å². The molecule has 1 aliphatic carbocycles. The van der Waals surface area contributed by atoms with Crippen molar-refractivity contribution in [2.75, 3.05) is 32.8 Å². The summed E-state index contributed by atoms with van der Waals surface area (Å²) in [5.74, 6) is -0.508. The third kappa shape index (κ3) is 4.66. The van der Waals surface area contributed by atoms with Crippen LogP contribution in [0.3, 0.4) is 0 Å². The molecule has 32 heavy (non-hydrogen) atoms. The molecule has 3 aliphatic rings. The molecule has 1 aromatic carbocycles. The van der Waals surface area contributed by atoms with Gasteiger partial charge in [0, 0.05) is 25.7 Å². The molecule has 1 aromatic heterocycles. The van der Waals surface area contributed by atoms with Gasteiger partial charge < -0.3 is 14.1 Å². The number of piperidine rings is 1. The van der Waals surface area contributed by atoms with Crippen molar-refractivity contribution in [2.45, 2.75) is 50.7 Å². The van der Waals surface area contributed by atoms with E-state index in [4.69, 9.17) is 9.15 Å². The minimum atomic E-state index is -0.561. The fraction of sp³-hybridized carbons (Fsp3) is 0.538. The maximum Gasteiger partial charge on any atom is 0.298 e. The molecule has 3 heterocycles. The van der Waals surface area contributed by atoms with Gasteiger partial charge in [0.25, 0.3) is 11.7 Å². The highest BCUT2D eigenvalue weighted by Crippen LogP contribution is 2.29. The number of carbonyl (C=O) groups is 2. The van der Waals surface area contributed by atoms with Crippen LogP contribution in [0.1, 0.15) is 47.4 Å². The average Bonchev–Trinajstić information content (AvgIpc) is 3.60. The van der Waals surface area contributed by atoms with Crippen LogP contribution >= 0.6 is 0 Å². The van der Waals surface area contributed by atoms with Crippen LogP contribution in [0.4, 0.5) is 0 Å². The first-order valence-corrected chi connectivity index (χ1v) is 12.0. The van der Waals surface area contributed by atoms with Crippen molar-refractivity contribution in [3.8, 4) is 0 Å². The van der Waals surface area contributed by atoms with Crippen molar-refractivity contribution in [2.24, 2.45) is 5.92 Å². The zero-order valence-electron chi connectivity index (χ0n) is 18.6. The number of ketones is 1. The Morgan fingerprint density at radius 3 is 2.34 bits per heavy atom. The smallest absolute Gasteiger partial charge is 0.298 e. The van der Waals surface area contributed by atoms with E-state index in [0.717, 1.165) is 58.2 Å². The molecule has 2 fully saturated rings. The molecule has 2 aliphatic heterocycles. The lowest BCUT2D eigenvalue weighted by Crippen LogP contribution is -2.47. The molecule has 5 rings (SSSR count). The molecule has 0 unspecified atom stereocenters. The fourth-order valence-electron chi connectivity index (χ4n) is 5.54. The van der Waals surface area contributed by atoms with E-state index >= 15 is 0 Å². The number of likely N-dealkylation sites (tertiary alicyclic amines) is 1. The summed E-state index contributed by atoms with van der Waals surface area (Å²) in [4.78, 5) is 30.1. The first kappa shape index (κ1) is 21.4. The lowest BCUT2D eigenvalue weighted by Gasteiger charge is -2.38. The number of benzene rings is 1. The number of ether oxygens (including phenoxy) is 1. The minimum Gasteiger partial charge on any atom is -0.461 e. The Kier molecular flexibility index (Phi) is 6.42. The molecule has 0 radical (unpaired) electrons. The molecule has 2 saturated heterocycles. The summed E-state index contributed by atoms with van der Waals surface area (Å²) in [5, 5.41) is 0. The summed E-state index contributed by atoms with van der Waals surface area (Å²) in [6.45, 7) is 3.95. The van der Waals surface area contributed by atoms with Crippen molar-refractivity contribution in [1.29, 1.82) is 0 Å². The van der Waals surface area contributed by atoms with E-state index < -0.39 is 11.7 Å². The van der Waals surface area contributed by atoms with Gasteiger partial charge in [-0.2, -0.15) is 0 Å². The second-order valence-corrected chi connectivity index (χ2v) is 9.46. The van der Waals surface area contributed by atoms with Gasteiger partial charge in [0.05, 0.1) is 12.4 Å². The topological polar surface area (TPSA) is 63.0 Å². The van der Waals surface area contributed by atoms with Crippen LogP contribution in [-0.4, -0.2) is 66.4 Å². The van der Waals surface area contributed by atoms with Crippen LogP contribution in [-0.2, 0) is 22.4 Å². The Bertz CT molecular complexity index is 902. The van der Waals surface area contributed by atoms with Crippen LogP contribution in [0.15, 0.2) is 47.1 Å². The predicted octanol–water partition coefficient (Wildman–Crippen LogP) is 3.35. The predicted molar refractivity (Wildman–Crippen MR) is 121 cm³/mol. The Morgan fingerprint density at radius 1 is 0.969 bits per heavy atom. The van der Waals surface area contributed by atoms with E-state index in [2.05, 4.69) is 29.2 Å². The molecule has 0 spiro atoms. The van der Waals surface area contributed by atoms with Gasteiger partial charge in [-0.3, -0.25) is 14.5 Å². The second-order valence-electron chi connectivity index (χ2n) is 9.46. The van der Waals surface area contributed by atoms with Gasteiger partial charge in [-0.05, 0) is 80.8 Å². The fourth-order valence-corrected chi connectivity index (χ4v) is 5.54. The third-order valence-corrected chi connectivity index (χ3v) is 7.35. The molecule has 0 saturated carbocycles. The molecule has 1 atom stereocenters. The number of rotatable bonds is 7.